The van der Waals surface area contributed by atoms with Gasteiger partial charge in [0.2, 0.25) is 0 Å². The predicted octanol–water partition coefficient (Wildman–Crippen LogP) is 4.83. The molecule has 2 rings (SSSR count). The van der Waals surface area contributed by atoms with E-state index in [1.807, 2.05) is 0 Å². The van der Waals surface area contributed by atoms with Gasteiger partial charge < -0.3 is 4.74 Å². The number of alkyl halides is 3. The quantitative estimate of drug-likeness (QED) is 0.534. The van der Waals surface area contributed by atoms with Gasteiger partial charge in [0.1, 0.15) is 10.7 Å². The molecular weight excluding hydrogens is 402 g/mol. The van der Waals surface area contributed by atoms with Crippen LogP contribution in [0.2, 0.25) is 0 Å². The van der Waals surface area contributed by atoms with Gasteiger partial charge in [0.05, 0.1) is 17.9 Å². The second-order valence-corrected chi connectivity index (χ2v) is 6.72. The van der Waals surface area contributed by atoms with Gasteiger partial charge in [-0.15, -0.1) is 0 Å². The van der Waals surface area contributed by atoms with E-state index in [-0.39, 0.29) is 29.2 Å². The lowest BCUT2D eigenvalue weighted by atomic mass is 10.0. The third-order valence-electron chi connectivity index (χ3n) is 2.86. The van der Waals surface area contributed by atoms with E-state index in [0.29, 0.717) is 9.98 Å². The topological polar surface area (TPSA) is 39.2 Å². The Hall–Kier alpha value is -1.48. The molecule has 0 N–H and O–H groups in total. The van der Waals surface area contributed by atoms with Crippen molar-refractivity contribution < 1.29 is 27.1 Å². The Bertz CT molecular complexity index is 730. The molecule has 2 aromatic rings. The molecule has 0 unspecified atom stereocenters. The molecule has 1 heterocycles. The molecule has 3 nitrogen and oxygen atoms in total. The summed E-state index contributed by atoms with van der Waals surface area (Å²) in [6, 6.07) is 2.14. The fourth-order valence-electron chi connectivity index (χ4n) is 1.87. The Morgan fingerprint density at radius 1 is 1.39 bits per heavy atom. The second kappa shape index (κ2) is 6.96. The zero-order valence-electron chi connectivity index (χ0n) is 11.7. The molecule has 0 aliphatic heterocycles. The number of ether oxygens (including phenoxy) is 1. The lowest BCUT2D eigenvalue weighted by Crippen LogP contribution is -2.09. The lowest BCUT2D eigenvalue weighted by molar-refractivity contribution is -0.137. The van der Waals surface area contributed by atoms with E-state index < -0.39 is 23.5 Å². The highest BCUT2D eigenvalue weighted by Gasteiger charge is 2.31. The average Bonchev–Trinajstić information content (AvgIpc) is 2.81. The molecule has 1 aromatic carbocycles. The monoisotopic (exact) mass is 411 g/mol. The molecule has 0 saturated carbocycles. The smallest absolute Gasteiger partial charge is 0.416 e. The van der Waals surface area contributed by atoms with Gasteiger partial charge in [0, 0.05) is 6.42 Å². The third kappa shape index (κ3) is 4.29. The van der Waals surface area contributed by atoms with Crippen LogP contribution in [0.5, 0.6) is 0 Å². The van der Waals surface area contributed by atoms with E-state index in [4.69, 9.17) is 4.74 Å². The number of hydrogen-bond acceptors (Lipinski definition) is 4. The van der Waals surface area contributed by atoms with E-state index in [0.717, 1.165) is 23.5 Å². The summed E-state index contributed by atoms with van der Waals surface area (Å²) in [5, 5.41) is 0. The molecular formula is C14H10BrF4NO2S. The van der Waals surface area contributed by atoms with Crippen molar-refractivity contribution in [2.45, 2.75) is 19.5 Å². The number of aromatic nitrogens is 1. The number of carbonyl (C=O) groups excluding carboxylic acids is 1. The summed E-state index contributed by atoms with van der Waals surface area (Å²) < 4.78 is 57.2. The van der Waals surface area contributed by atoms with Crippen LogP contribution in [0.25, 0.3) is 0 Å². The number of nitrogens with zero attached hydrogens (tertiary/aromatic N) is 1. The normalized spacial score (nSPS) is 11.6. The van der Waals surface area contributed by atoms with Gasteiger partial charge in [-0.05, 0) is 46.6 Å². The maximum absolute atomic E-state index is 13.8. The summed E-state index contributed by atoms with van der Waals surface area (Å²) in [4.78, 5) is 16.0. The SMILES string of the molecule is CCOC(=O)c1sc(Br)nc1Cc1cc(C(F)(F)F)ccc1F. The Morgan fingerprint density at radius 3 is 2.70 bits per heavy atom. The van der Waals surface area contributed by atoms with E-state index >= 15 is 0 Å². The Kier molecular flexibility index (Phi) is 5.41. The van der Waals surface area contributed by atoms with Gasteiger partial charge in [-0.3, -0.25) is 0 Å². The Morgan fingerprint density at radius 2 is 2.09 bits per heavy atom. The first-order valence-corrected chi connectivity index (χ1v) is 8.01. The van der Waals surface area contributed by atoms with Crippen LogP contribution in [-0.2, 0) is 17.3 Å². The van der Waals surface area contributed by atoms with Crippen LogP contribution in [-0.4, -0.2) is 17.6 Å². The Labute approximate surface area is 141 Å². The first-order chi connectivity index (χ1) is 10.7. The first kappa shape index (κ1) is 17.9. The zero-order valence-corrected chi connectivity index (χ0v) is 14.1. The van der Waals surface area contributed by atoms with Crippen LogP contribution in [0.3, 0.4) is 0 Å². The molecule has 0 bridgehead atoms. The van der Waals surface area contributed by atoms with Crippen LogP contribution >= 0.6 is 27.3 Å². The van der Waals surface area contributed by atoms with Gasteiger partial charge in [0.15, 0.2) is 3.92 Å². The van der Waals surface area contributed by atoms with Crippen LogP contribution < -0.4 is 0 Å². The second-order valence-electron chi connectivity index (χ2n) is 4.44. The minimum Gasteiger partial charge on any atom is -0.462 e. The van der Waals surface area contributed by atoms with Crippen LogP contribution in [0.1, 0.15) is 33.4 Å². The molecule has 0 aliphatic rings. The molecule has 0 fully saturated rings. The average molecular weight is 412 g/mol. The van der Waals surface area contributed by atoms with Gasteiger partial charge in [-0.1, -0.05) is 11.3 Å². The van der Waals surface area contributed by atoms with Crippen molar-refractivity contribution in [1.29, 1.82) is 0 Å². The summed E-state index contributed by atoms with van der Waals surface area (Å²) in [6.45, 7) is 1.77. The highest BCUT2D eigenvalue weighted by atomic mass is 79.9. The summed E-state index contributed by atoms with van der Waals surface area (Å²) in [6.07, 6.45) is -4.82. The van der Waals surface area contributed by atoms with Crippen molar-refractivity contribution in [3.05, 3.63) is 49.6 Å². The van der Waals surface area contributed by atoms with Crippen LogP contribution in [0.15, 0.2) is 22.1 Å². The van der Waals surface area contributed by atoms with E-state index in [2.05, 4.69) is 20.9 Å². The summed E-state index contributed by atoms with van der Waals surface area (Å²) in [5.74, 6) is -1.44. The zero-order chi connectivity index (χ0) is 17.2. The number of esters is 1. The van der Waals surface area contributed by atoms with E-state index in [1.165, 1.54) is 0 Å². The molecule has 1 aromatic heterocycles. The molecule has 9 heteroatoms. The highest BCUT2D eigenvalue weighted by molar-refractivity contribution is 9.11. The van der Waals surface area contributed by atoms with Crippen LogP contribution in [0, 0.1) is 5.82 Å². The molecule has 124 valence electrons. The lowest BCUT2D eigenvalue weighted by Gasteiger charge is -2.09. The number of halogens is 5. The summed E-state index contributed by atoms with van der Waals surface area (Å²) >= 11 is 4.09. The molecule has 0 amide bonds. The number of thiazole rings is 1. The first-order valence-electron chi connectivity index (χ1n) is 6.40. The third-order valence-corrected chi connectivity index (χ3v) is 4.39. The maximum atomic E-state index is 13.8. The minimum absolute atomic E-state index is 0.135. The van der Waals surface area contributed by atoms with E-state index in [9.17, 15) is 22.4 Å². The van der Waals surface area contributed by atoms with Crippen molar-refractivity contribution in [3.63, 3.8) is 0 Å². The number of benzene rings is 1. The van der Waals surface area contributed by atoms with Crippen molar-refractivity contribution in [1.82, 2.24) is 4.98 Å². The minimum atomic E-state index is -4.57. The fraction of sp³-hybridized carbons (Fsp3) is 0.286. The largest absolute Gasteiger partial charge is 0.462 e. The molecule has 0 radical (unpaired) electrons. The highest BCUT2D eigenvalue weighted by Crippen LogP contribution is 2.32. The van der Waals surface area contributed by atoms with Crippen molar-refractivity contribution in [3.8, 4) is 0 Å². The van der Waals surface area contributed by atoms with Crippen molar-refractivity contribution >= 4 is 33.2 Å². The standard InChI is InChI=1S/C14H10BrF4NO2S/c1-2-22-12(21)11-10(20-13(15)23-11)6-7-5-8(14(17,18)19)3-4-9(7)16/h3-5H,2,6H2,1H3. The van der Waals surface area contributed by atoms with Gasteiger partial charge in [-0.25, -0.2) is 14.2 Å². The van der Waals surface area contributed by atoms with Crippen molar-refractivity contribution in [2.24, 2.45) is 0 Å². The van der Waals surface area contributed by atoms with Gasteiger partial charge in [-0.2, -0.15) is 13.2 Å². The van der Waals surface area contributed by atoms with E-state index in [1.54, 1.807) is 6.92 Å². The number of rotatable bonds is 4. The van der Waals surface area contributed by atoms with Gasteiger partial charge in [0.25, 0.3) is 0 Å². The molecule has 0 spiro atoms. The number of carbonyl (C=O) groups is 1. The summed E-state index contributed by atoms with van der Waals surface area (Å²) in [7, 11) is 0. The summed E-state index contributed by atoms with van der Waals surface area (Å²) in [5.41, 5.74) is -0.984. The van der Waals surface area contributed by atoms with Crippen molar-refractivity contribution in [2.75, 3.05) is 6.61 Å². The Balaban J connectivity index is 2.38. The molecule has 23 heavy (non-hydrogen) atoms. The predicted molar refractivity (Wildman–Crippen MR) is 80.0 cm³/mol. The molecule has 0 saturated heterocycles. The van der Waals surface area contributed by atoms with Gasteiger partial charge >= 0.3 is 12.1 Å². The molecule has 0 aliphatic carbocycles. The molecule has 0 atom stereocenters. The van der Waals surface area contributed by atoms with Crippen LogP contribution in [0.4, 0.5) is 17.6 Å². The fourth-order valence-corrected chi connectivity index (χ4v) is 3.27. The maximum Gasteiger partial charge on any atom is 0.416 e. The number of hydrogen-bond donors (Lipinski definition) is 0.